The van der Waals surface area contributed by atoms with Gasteiger partial charge in [0.25, 0.3) is 11.5 Å². The third kappa shape index (κ3) is 3.80. The fourth-order valence-electron chi connectivity index (χ4n) is 3.95. The van der Waals surface area contributed by atoms with Crippen LogP contribution in [0.15, 0.2) is 15.7 Å². The Morgan fingerprint density at radius 3 is 2.62 bits per heavy atom. The number of carbonyl (C=O) groups is 1. The lowest BCUT2D eigenvalue weighted by Crippen LogP contribution is -2.39. The van der Waals surface area contributed by atoms with Crippen molar-refractivity contribution in [2.75, 3.05) is 13.2 Å². The van der Waals surface area contributed by atoms with Crippen molar-refractivity contribution in [3.05, 3.63) is 48.7 Å². The number of β-amino-alcohol motifs (C(OH)–C–C–N with tert-alkyl or cyclic N) is 1. The number of rotatable bonds is 5. The third-order valence-electron chi connectivity index (χ3n) is 5.43. The van der Waals surface area contributed by atoms with Gasteiger partial charge in [-0.2, -0.15) is 5.10 Å². The number of thiophene rings is 1. The molecule has 3 aromatic rings. The van der Waals surface area contributed by atoms with Crippen LogP contribution in [0.2, 0.25) is 0 Å². The van der Waals surface area contributed by atoms with Gasteiger partial charge in [-0.3, -0.25) is 28.2 Å². The molecule has 3 aromatic heterocycles. The van der Waals surface area contributed by atoms with Gasteiger partial charge in [0, 0.05) is 24.2 Å². The van der Waals surface area contributed by atoms with Crippen LogP contribution in [0.4, 0.5) is 0 Å². The number of hydrogen-bond acceptors (Lipinski definition) is 7. The Morgan fingerprint density at radius 2 is 2.06 bits per heavy atom. The second-order valence-corrected chi connectivity index (χ2v) is 9.72. The van der Waals surface area contributed by atoms with E-state index in [4.69, 9.17) is 4.84 Å². The molecule has 32 heavy (non-hydrogen) atoms. The summed E-state index contributed by atoms with van der Waals surface area (Å²) < 4.78 is 4.38. The van der Waals surface area contributed by atoms with Gasteiger partial charge in [0.1, 0.15) is 17.5 Å². The van der Waals surface area contributed by atoms with E-state index < -0.39 is 23.3 Å². The summed E-state index contributed by atoms with van der Waals surface area (Å²) in [6, 6.07) is 1.93. The Bertz CT molecular complexity index is 1310. The van der Waals surface area contributed by atoms with Gasteiger partial charge in [0.05, 0.1) is 29.7 Å². The molecule has 4 rings (SSSR count). The highest BCUT2D eigenvalue weighted by molar-refractivity contribution is 7.19. The third-order valence-corrected chi connectivity index (χ3v) is 6.63. The normalized spacial score (nSPS) is 16.6. The lowest BCUT2D eigenvalue weighted by Gasteiger charge is -2.15. The minimum Gasteiger partial charge on any atom is -0.389 e. The molecule has 1 amide bonds. The van der Waals surface area contributed by atoms with Crippen LogP contribution in [0.1, 0.15) is 40.5 Å². The first kappa shape index (κ1) is 22.4. The molecule has 0 radical (unpaired) electrons. The number of aliphatic hydroxyl groups is 1. The molecule has 0 spiro atoms. The van der Waals surface area contributed by atoms with E-state index in [2.05, 4.69) is 5.10 Å². The Labute approximate surface area is 188 Å². The van der Waals surface area contributed by atoms with E-state index >= 15 is 0 Å². The topological polar surface area (TPSA) is 112 Å². The van der Waals surface area contributed by atoms with Crippen molar-refractivity contribution in [3.8, 4) is 0 Å². The number of hydroxylamine groups is 2. The van der Waals surface area contributed by atoms with Crippen LogP contribution >= 0.6 is 11.3 Å². The molecule has 0 unspecified atom stereocenters. The lowest BCUT2D eigenvalue weighted by molar-refractivity contribution is -0.0779. The Kier molecular flexibility index (Phi) is 5.82. The van der Waals surface area contributed by atoms with Crippen molar-refractivity contribution >= 4 is 27.5 Å². The molecule has 0 saturated carbocycles. The molecule has 1 N–H and O–H groups in total. The zero-order valence-corrected chi connectivity index (χ0v) is 19.6. The first-order valence-electron chi connectivity index (χ1n) is 10.5. The number of aromatic nitrogens is 4. The predicted octanol–water partition coefficient (Wildman–Crippen LogP) is 1.03. The molecular weight excluding hydrogens is 434 g/mol. The maximum Gasteiger partial charge on any atom is 0.331 e. The van der Waals surface area contributed by atoms with E-state index in [1.165, 1.54) is 18.4 Å². The van der Waals surface area contributed by atoms with E-state index in [1.807, 2.05) is 33.8 Å². The standard InChI is InChI=1S/C21H27N5O5S/c1-11(2)7-24-20-17(18(28)23(5)21(24)30)16(19(29)26-8-14(27)10-31-26)15(32-20)9-25-13(4)6-12(3)22-25/h6,11,14,27H,7-10H2,1-5H3/t14-/m0/s1. The van der Waals surface area contributed by atoms with Crippen LogP contribution in [-0.2, 0) is 25.0 Å². The van der Waals surface area contributed by atoms with Crippen LogP contribution in [-0.4, -0.2) is 54.2 Å². The summed E-state index contributed by atoms with van der Waals surface area (Å²) in [5.74, 6) is -0.345. The molecule has 0 aromatic carbocycles. The van der Waals surface area contributed by atoms with Gasteiger partial charge in [0.15, 0.2) is 0 Å². The quantitative estimate of drug-likeness (QED) is 0.607. The van der Waals surface area contributed by atoms with Crippen molar-refractivity contribution in [2.24, 2.45) is 13.0 Å². The van der Waals surface area contributed by atoms with Crippen LogP contribution in [0, 0.1) is 19.8 Å². The number of carbonyl (C=O) groups excluding carboxylic acids is 1. The van der Waals surface area contributed by atoms with Gasteiger partial charge in [-0.15, -0.1) is 11.3 Å². The first-order chi connectivity index (χ1) is 15.1. The van der Waals surface area contributed by atoms with Crippen LogP contribution in [0.3, 0.4) is 0 Å². The minimum absolute atomic E-state index is 0.0106. The maximum atomic E-state index is 13.5. The largest absolute Gasteiger partial charge is 0.389 e. The second-order valence-electron chi connectivity index (χ2n) is 8.63. The molecule has 0 bridgehead atoms. The molecule has 1 saturated heterocycles. The van der Waals surface area contributed by atoms with E-state index in [0.717, 1.165) is 21.0 Å². The molecular formula is C21H27N5O5S. The molecule has 1 aliphatic rings. The van der Waals surface area contributed by atoms with Gasteiger partial charge in [0.2, 0.25) is 0 Å². The van der Waals surface area contributed by atoms with E-state index in [0.29, 0.717) is 16.3 Å². The van der Waals surface area contributed by atoms with Gasteiger partial charge < -0.3 is 5.11 Å². The molecule has 1 atom stereocenters. The Balaban J connectivity index is 1.99. The monoisotopic (exact) mass is 461 g/mol. The van der Waals surface area contributed by atoms with Gasteiger partial charge in [-0.05, 0) is 25.8 Å². The molecule has 11 heteroatoms. The number of hydrogen-bond donors (Lipinski definition) is 1. The summed E-state index contributed by atoms with van der Waals surface area (Å²) in [5.41, 5.74) is 1.02. The molecule has 0 aliphatic carbocycles. The number of amides is 1. The SMILES string of the molecule is Cc1cc(C)n(Cc2sc3c(c2C(=O)N2C[C@H](O)CO2)c(=O)n(C)c(=O)n3CC(C)C)n1. The summed E-state index contributed by atoms with van der Waals surface area (Å²) in [6.07, 6.45) is -0.787. The van der Waals surface area contributed by atoms with Crippen LogP contribution in [0.25, 0.3) is 10.2 Å². The average molecular weight is 462 g/mol. The zero-order chi connectivity index (χ0) is 23.3. The average Bonchev–Trinajstić information content (AvgIpc) is 3.40. The fourth-order valence-corrected chi connectivity index (χ4v) is 5.22. The van der Waals surface area contributed by atoms with Gasteiger partial charge >= 0.3 is 5.69 Å². The Hall–Kier alpha value is -2.76. The Morgan fingerprint density at radius 1 is 1.34 bits per heavy atom. The summed E-state index contributed by atoms with van der Waals surface area (Å²) in [6.45, 7) is 8.49. The number of aliphatic hydroxyl groups excluding tert-OH is 1. The van der Waals surface area contributed by atoms with E-state index in [9.17, 15) is 19.5 Å². The lowest BCUT2D eigenvalue weighted by atomic mass is 10.1. The summed E-state index contributed by atoms with van der Waals surface area (Å²) in [7, 11) is 1.42. The molecule has 1 aliphatic heterocycles. The maximum absolute atomic E-state index is 13.5. The molecule has 10 nitrogen and oxygen atoms in total. The zero-order valence-electron chi connectivity index (χ0n) is 18.8. The van der Waals surface area contributed by atoms with E-state index in [1.54, 1.807) is 9.25 Å². The number of nitrogens with zero attached hydrogens (tertiary/aromatic N) is 5. The van der Waals surface area contributed by atoms with Crippen molar-refractivity contribution < 1.29 is 14.7 Å². The highest BCUT2D eigenvalue weighted by Gasteiger charge is 2.33. The molecule has 4 heterocycles. The predicted molar refractivity (Wildman–Crippen MR) is 120 cm³/mol. The van der Waals surface area contributed by atoms with E-state index in [-0.39, 0.29) is 36.6 Å². The number of fused-ring (bicyclic) bond motifs is 1. The number of aryl methyl sites for hydroxylation is 2. The second kappa shape index (κ2) is 8.30. The minimum atomic E-state index is -0.787. The van der Waals surface area contributed by atoms with Crippen molar-refractivity contribution in [1.82, 2.24) is 24.0 Å². The molecule has 1 fully saturated rings. The molecule has 172 valence electrons. The van der Waals surface area contributed by atoms with Crippen molar-refractivity contribution in [3.63, 3.8) is 0 Å². The smallest absolute Gasteiger partial charge is 0.331 e. The summed E-state index contributed by atoms with van der Waals surface area (Å²) in [5, 5.41) is 15.6. The van der Waals surface area contributed by atoms with Crippen molar-refractivity contribution in [2.45, 2.75) is 46.9 Å². The van der Waals surface area contributed by atoms with Crippen molar-refractivity contribution in [1.29, 1.82) is 0 Å². The summed E-state index contributed by atoms with van der Waals surface area (Å²) >= 11 is 1.25. The van der Waals surface area contributed by atoms with Crippen LogP contribution < -0.4 is 11.2 Å². The highest BCUT2D eigenvalue weighted by Crippen LogP contribution is 2.32. The first-order valence-corrected chi connectivity index (χ1v) is 11.3. The van der Waals surface area contributed by atoms with Gasteiger partial charge in [-0.25, -0.2) is 9.86 Å². The summed E-state index contributed by atoms with van der Waals surface area (Å²) in [4.78, 5) is 46.0. The fraction of sp³-hybridized carbons (Fsp3) is 0.524. The highest BCUT2D eigenvalue weighted by atomic mass is 32.1. The van der Waals surface area contributed by atoms with Crippen LogP contribution in [0.5, 0.6) is 0 Å². The van der Waals surface area contributed by atoms with Gasteiger partial charge in [-0.1, -0.05) is 13.8 Å².